The van der Waals surface area contributed by atoms with Gasteiger partial charge in [-0.1, -0.05) is 12.8 Å². The minimum atomic E-state index is -0.346. The van der Waals surface area contributed by atoms with E-state index in [-0.39, 0.29) is 17.6 Å². The lowest BCUT2D eigenvalue weighted by Gasteiger charge is -2.49. The number of hydrogen-bond acceptors (Lipinski definition) is 6. The van der Waals surface area contributed by atoms with Crippen LogP contribution in [0.3, 0.4) is 0 Å². The molecule has 1 aliphatic carbocycles. The summed E-state index contributed by atoms with van der Waals surface area (Å²) in [5, 5.41) is 3.66. The number of rotatable bonds is 4. The molecule has 1 amide bonds. The zero-order valence-corrected chi connectivity index (χ0v) is 16.9. The molecule has 4 rings (SSSR count). The number of hydrogen-bond donors (Lipinski definition) is 1. The van der Waals surface area contributed by atoms with Gasteiger partial charge in [0, 0.05) is 13.1 Å². The Balaban J connectivity index is 1.48. The highest BCUT2D eigenvalue weighted by Gasteiger charge is 2.46. The average Bonchev–Trinajstić information content (AvgIpc) is 3.25. The molecule has 0 bridgehead atoms. The summed E-state index contributed by atoms with van der Waals surface area (Å²) in [5.74, 6) is 0.813. The first-order valence-electron chi connectivity index (χ1n) is 9.37. The number of furan rings is 1. The van der Waals surface area contributed by atoms with Crippen molar-refractivity contribution in [3.05, 3.63) is 39.2 Å². The van der Waals surface area contributed by atoms with Crippen molar-refractivity contribution in [2.75, 3.05) is 19.7 Å². The van der Waals surface area contributed by atoms with Gasteiger partial charge in [0.15, 0.2) is 5.22 Å². The van der Waals surface area contributed by atoms with Crippen LogP contribution < -0.4 is 5.32 Å². The number of amides is 1. The van der Waals surface area contributed by atoms with E-state index in [0.717, 1.165) is 50.2 Å². The zero-order valence-electron chi connectivity index (χ0n) is 15.4. The summed E-state index contributed by atoms with van der Waals surface area (Å²) >= 11 is 7.29. The molecular weight excluding hydrogens is 386 g/mol. The van der Waals surface area contributed by atoms with E-state index < -0.39 is 0 Å². The molecule has 27 heavy (non-hydrogen) atoms. The van der Waals surface area contributed by atoms with Crippen LogP contribution in [0.4, 0.5) is 0 Å². The molecule has 3 heterocycles. The Morgan fingerprint density at radius 2 is 2.37 bits per heavy atom. The van der Waals surface area contributed by atoms with E-state index in [4.69, 9.17) is 20.8 Å². The van der Waals surface area contributed by atoms with Crippen LogP contribution in [0.25, 0.3) is 0 Å². The number of halogens is 1. The van der Waals surface area contributed by atoms with Gasteiger partial charge < -0.3 is 14.5 Å². The fourth-order valence-corrected chi connectivity index (χ4v) is 5.06. The number of carbonyl (C=O) groups is 1. The van der Waals surface area contributed by atoms with Gasteiger partial charge in [0.2, 0.25) is 0 Å². The lowest BCUT2D eigenvalue weighted by molar-refractivity contribution is -0.143. The Hall–Kier alpha value is -1.41. The smallest absolute Gasteiger partial charge is 0.263 e. The van der Waals surface area contributed by atoms with Crippen molar-refractivity contribution in [1.82, 2.24) is 15.2 Å². The fraction of sp³-hybridized carbons (Fsp3) is 0.579. The number of nitrogens with zero attached hydrogens (tertiary/aromatic N) is 2. The second kappa shape index (κ2) is 7.91. The highest BCUT2D eigenvalue weighted by Crippen LogP contribution is 2.36. The van der Waals surface area contributed by atoms with Gasteiger partial charge in [-0.25, -0.2) is 4.98 Å². The van der Waals surface area contributed by atoms with E-state index in [9.17, 15) is 4.79 Å². The Kier molecular flexibility index (Phi) is 5.55. The largest absolute Gasteiger partial charge is 0.448 e. The number of nitrogens with one attached hydrogen (secondary N) is 1. The van der Waals surface area contributed by atoms with E-state index >= 15 is 0 Å². The van der Waals surface area contributed by atoms with Gasteiger partial charge in [0.25, 0.3) is 5.91 Å². The molecule has 2 atom stereocenters. The van der Waals surface area contributed by atoms with Crippen LogP contribution in [0.15, 0.2) is 22.1 Å². The molecule has 1 aliphatic heterocycles. The van der Waals surface area contributed by atoms with Crippen molar-refractivity contribution in [1.29, 1.82) is 0 Å². The normalized spacial score (nSPS) is 26.4. The van der Waals surface area contributed by atoms with Gasteiger partial charge in [0.05, 0.1) is 30.4 Å². The van der Waals surface area contributed by atoms with Crippen LogP contribution in [0, 0.1) is 6.92 Å². The monoisotopic (exact) mass is 409 g/mol. The summed E-state index contributed by atoms with van der Waals surface area (Å²) in [5.41, 5.74) is 2.15. The molecule has 0 unspecified atom stereocenters. The van der Waals surface area contributed by atoms with Gasteiger partial charge in [-0.05, 0) is 43.5 Å². The second-order valence-corrected chi connectivity index (χ2v) is 8.60. The van der Waals surface area contributed by atoms with Crippen LogP contribution in [0.2, 0.25) is 5.22 Å². The molecular formula is C19H24ClN3O3S. The Labute approximate surface area is 167 Å². The fourth-order valence-electron chi connectivity index (χ4n) is 4.19. The first-order valence-corrected chi connectivity index (χ1v) is 10.6. The van der Waals surface area contributed by atoms with Crippen LogP contribution in [0.1, 0.15) is 46.8 Å². The van der Waals surface area contributed by atoms with E-state index in [1.54, 1.807) is 11.6 Å². The highest BCUT2D eigenvalue weighted by atomic mass is 35.5. The third kappa shape index (κ3) is 4.06. The van der Waals surface area contributed by atoms with Crippen LogP contribution >= 0.6 is 22.9 Å². The summed E-state index contributed by atoms with van der Waals surface area (Å²) in [6, 6.07) is 3.69. The van der Waals surface area contributed by atoms with Crippen LogP contribution in [0.5, 0.6) is 0 Å². The summed E-state index contributed by atoms with van der Waals surface area (Å²) in [6.45, 7) is 4.84. The maximum atomic E-state index is 12.8. The Morgan fingerprint density at radius 3 is 3.11 bits per heavy atom. The van der Waals surface area contributed by atoms with Crippen molar-refractivity contribution in [2.24, 2.45) is 0 Å². The number of carbonyl (C=O) groups excluding carboxylic acids is 1. The molecule has 8 heteroatoms. The maximum Gasteiger partial charge on any atom is 0.263 e. The standard InChI is InChI=1S/C19H24ClN3O3S/c1-13-17(27-12-21-13)18(24)22-15-4-2-3-7-19(15)11-23(8-9-25-19)10-14-5-6-16(20)26-14/h5-6,12,15H,2-4,7-11H2,1H3,(H,22,24)/t15-,19-/m1/s1. The van der Waals surface area contributed by atoms with Crippen molar-refractivity contribution in [2.45, 2.75) is 50.8 Å². The lowest BCUT2D eigenvalue weighted by atomic mass is 9.78. The number of morpholine rings is 1. The van der Waals surface area contributed by atoms with Gasteiger partial charge in [0.1, 0.15) is 16.2 Å². The molecule has 1 saturated carbocycles. The molecule has 2 aromatic heterocycles. The summed E-state index contributed by atoms with van der Waals surface area (Å²) in [4.78, 5) is 20.0. The van der Waals surface area contributed by atoms with Crippen LogP contribution in [-0.2, 0) is 11.3 Å². The lowest BCUT2D eigenvalue weighted by Crippen LogP contribution is -2.63. The molecule has 0 radical (unpaired) electrons. The van der Waals surface area contributed by atoms with E-state index in [1.807, 2.05) is 13.0 Å². The van der Waals surface area contributed by atoms with Crippen molar-refractivity contribution >= 4 is 28.8 Å². The summed E-state index contributed by atoms with van der Waals surface area (Å²) < 4.78 is 11.8. The van der Waals surface area contributed by atoms with Crippen molar-refractivity contribution < 1.29 is 13.9 Å². The summed E-state index contributed by atoms with van der Waals surface area (Å²) in [7, 11) is 0. The molecule has 146 valence electrons. The van der Waals surface area contributed by atoms with E-state index in [1.165, 1.54) is 11.3 Å². The van der Waals surface area contributed by atoms with Crippen molar-refractivity contribution in [3.63, 3.8) is 0 Å². The third-order valence-corrected chi connectivity index (χ3v) is 6.66. The molecule has 2 fully saturated rings. The third-order valence-electron chi connectivity index (χ3n) is 5.53. The predicted molar refractivity (Wildman–Crippen MR) is 104 cm³/mol. The molecule has 2 aliphatic rings. The van der Waals surface area contributed by atoms with Gasteiger partial charge in [-0.2, -0.15) is 0 Å². The van der Waals surface area contributed by atoms with Crippen molar-refractivity contribution in [3.8, 4) is 0 Å². The second-order valence-electron chi connectivity index (χ2n) is 7.37. The molecule has 1 saturated heterocycles. The predicted octanol–water partition coefficient (Wildman–Crippen LogP) is 3.64. The van der Waals surface area contributed by atoms with Gasteiger partial charge in [-0.3, -0.25) is 9.69 Å². The number of ether oxygens (including phenoxy) is 1. The number of aryl methyl sites for hydroxylation is 1. The topological polar surface area (TPSA) is 67.6 Å². The Bertz CT molecular complexity index is 804. The Morgan fingerprint density at radius 1 is 1.48 bits per heavy atom. The number of thiazole rings is 1. The van der Waals surface area contributed by atoms with E-state index in [2.05, 4.69) is 15.2 Å². The van der Waals surface area contributed by atoms with Gasteiger partial charge >= 0.3 is 0 Å². The highest BCUT2D eigenvalue weighted by molar-refractivity contribution is 7.11. The molecule has 6 nitrogen and oxygen atoms in total. The minimum Gasteiger partial charge on any atom is -0.448 e. The average molecular weight is 410 g/mol. The molecule has 1 N–H and O–H groups in total. The zero-order chi connectivity index (χ0) is 18.9. The van der Waals surface area contributed by atoms with Crippen LogP contribution in [-0.4, -0.2) is 47.1 Å². The molecule has 0 aromatic carbocycles. The summed E-state index contributed by atoms with van der Waals surface area (Å²) in [6.07, 6.45) is 4.11. The SMILES string of the molecule is Cc1ncsc1C(=O)N[C@@H]1CCCC[C@@]12CN(Cc1ccc(Cl)o1)CCO2. The van der Waals surface area contributed by atoms with Gasteiger partial charge in [-0.15, -0.1) is 11.3 Å². The minimum absolute atomic E-state index is 0.00300. The molecule has 1 spiro atoms. The maximum absolute atomic E-state index is 12.8. The quantitative estimate of drug-likeness (QED) is 0.834. The molecule has 2 aromatic rings. The number of aromatic nitrogens is 1. The first kappa shape index (κ1) is 18.9. The first-order chi connectivity index (χ1) is 13.1. The van der Waals surface area contributed by atoms with E-state index in [0.29, 0.717) is 23.2 Å².